The first-order valence-corrected chi connectivity index (χ1v) is 13.4. The van der Waals surface area contributed by atoms with Gasteiger partial charge in [-0.2, -0.15) is 0 Å². The average Bonchev–Trinajstić information content (AvgIpc) is 2.96. The third-order valence-electron chi connectivity index (χ3n) is 6.64. The van der Waals surface area contributed by atoms with Crippen LogP contribution in [0.4, 0.5) is 23.7 Å². The molecule has 0 radical (unpaired) electrons. The minimum Gasteiger partial charge on any atom is -0.481 e. The molecule has 0 bridgehead atoms. The van der Waals surface area contributed by atoms with Crippen molar-refractivity contribution in [3.63, 3.8) is 0 Å². The van der Waals surface area contributed by atoms with Crippen LogP contribution in [0.2, 0.25) is 0 Å². The van der Waals surface area contributed by atoms with E-state index in [1.54, 1.807) is 24.3 Å². The number of rotatable bonds is 10. The smallest absolute Gasteiger partial charge is 0.481 e. The number of hydrogen-bond acceptors (Lipinski definition) is 4. The number of carboxylic acids is 1. The Hall–Kier alpha value is -4.80. The number of nitrogens with one attached hydrogen (secondary N) is 3. The highest BCUT2D eigenvalue weighted by molar-refractivity contribution is 5.94. The molecule has 8 nitrogen and oxygen atoms in total. The fraction of sp³-hybridized carbons (Fsp3) is 0.258. The third kappa shape index (κ3) is 8.85. The van der Waals surface area contributed by atoms with E-state index in [2.05, 4.69) is 26.8 Å². The summed E-state index contributed by atoms with van der Waals surface area (Å²) in [6, 6.07) is 17.9. The van der Waals surface area contributed by atoms with Crippen LogP contribution in [-0.2, 0) is 4.79 Å². The lowest BCUT2D eigenvalue weighted by atomic mass is 9.91. The number of alkyl halides is 3. The molecule has 1 aliphatic rings. The molecule has 4 N–H and O–H groups in total. The lowest BCUT2D eigenvalue weighted by molar-refractivity contribution is -0.274. The second kappa shape index (κ2) is 13.7. The standard InChI is InChI=1S/C31H30F3N3O5/c32-31(33,34)42-26-8-4-7-25(19-26)36-30(41)37-28(22-11-9-21(10-12-22)20-5-2-1-3-6-20)23-13-15-24(16-14-23)29(40)35-18-17-27(38)39/h4-5,7-16,19,28H,1-3,6,17-18H2,(H,35,40)(H,38,39)(H2,36,37,41). The molecule has 0 fully saturated rings. The summed E-state index contributed by atoms with van der Waals surface area (Å²) in [5, 5.41) is 16.7. The molecule has 0 spiro atoms. The Balaban J connectivity index is 1.54. The molecule has 3 aromatic carbocycles. The van der Waals surface area contributed by atoms with Gasteiger partial charge < -0.3 is 25.8 Å². The molecular weight excluding hydrogens is 551 g/mol. The number of benzene rings is 3. The summed E-state index contributed by atoms with van der Waals surface area (Å²) in [5.74, 6) is -1.93. The van der Waals surface area contributed by atoms with E-state index in [-0.39, 0.29) is 18.7 Å². The number of amides is 3. The van der Waals surface area contributed by atoms with Crippen LogP contribution in [0.1, 0.15) is 65.2 Å². The Morgan fingerprint density at radius 3 is 2.24 bits per heavy atom. The third-order valence-corrected chi connectivity index (χ3v) is 6.64. The van der Waals surface area contributed by atoms with Crippen molar-refractivity contribution in [3.8, 4) is 5.75 Å². The fourth-order valence-corrected chi connectivity index (χ4v) is 4.63. The van der Waals surface area contributed by atoms with Crippen molar-refractivity contribution in [2.75, 3.05) is 11.9 Å². The van der Waals surface area contributed by atoms with Crippen LogP contribution in [-0.4, -0.2) is 35.9 Å². The van der Waals surface area contributed by atoms with Gasteiger partial charge in [0, 0.05) is 23.9 Å². The van der Waals surface area contributed by atoms with Crippen molar-refractivity contribution in [3.05, 3.63) is 101 Å². The first-order chi connectivity index (χ1) is 20.1. The maximum atomic E-state index is 13.0. The lowest BCUT2D eigenvalue weighted by Crippen LogP contribution is -2.33. The van der Waals surface area contributed by atoms with E-state index in [1.807, 2.05) is 24.3 Å². The van der Waals surface area contributed by atoms with E-state index in [0.717, 1.165) is 42.5 Å². The molecule has 4 rings (SSSR count). The van der Waals surface area contributed by atoms with Crippen LogP contribution < -0.4 is 20.7 Å². The summed E-state index contributed by atoms with van der Waals surface area (Å²) in [4.78, 5) is 36.1. The van der Waals surface area contributed by atoms with Gasteiger partial charge in [0.2, 0.25) is 0 Å². The van der Waals surface area contributed by atoms with Gasteiger partial charge >= 0.3 is 18.4 Å². The van der Waals surface area contributed by atoms with Crippen molar-refractivity contribution in [2.45, 2.75) is 44.5 Å². The number of carbonyl (C=O) groups excluding carboxylic acids is 2. The molecular formula is C31H30F3N3O5. The SMILES string of the molecule is O=C(O)CCNC(=O)c1ccc(C(NC(=O)Nc2cccc(OC(F)(F)F)c2)c2ccc(C3=CCCCC3)cc2)cc1. The first-order valence-electron chi connectivity index (χ1n) is 13.4. The van der Waals surface area contributed by atoms with Gasteiger partial charge in [-0.1, -0.05) is 48.5 Å². The molecule has 3 aromatic rings. The molecule has 1 unspecified atom stereocenters. The zero-order chi connectivity index (χ0) is 30.1. The van der Waals surface area contributed by atoms with Crippen LogP contribution in [0.3, 0.4) is 0 Å². The van der Waals surface area contributed by atoms with Crippen molar-refractivity contribution in [1.82, 2.24) is 10.6 Å². The van der Waals surface area contributed by atoms with Gasteiger partial charge in [-0.15, -0.1) is 13.2 Å². The Kier molecular flexibility index (Phi) is 9.85. The summed E-state index contributed by atoms with van der Waals surface area (Å²) < 4.78 is 41.8. The van der Waals surface area contributed by atoms with Gasteiger partial charge in [-0.3, -0.25) is 9.59 Å². The quantitative estimate of drug-likeness (QED) is 0.214. The molecule has 0 saturated heterocycles. The number of hydrogen-bond donors (Lipinski definition) is 4. The number of carbonyl (C=O) groups is 3. The van der Waals surface area contributed by atoms with Gasteiger partial charge in [0.1, 0.15) is 5.75 Å². The van der Waals surface area contributed by atoms with Crippen LogP contribution in [0, 0.1) is 0 Å². The minimum atomic E-state index is -4.87. The van der Waals surface area contributed by atoms with Crippen LogP contribution in [0.25, 0.3) is 5.57 Å². The minimum absolute atomic E-state index is 0.0156. The van der Waals surface area contributed by atoms with E-state index in [1.165, 1.54) is 24.1 Å². The van der Waals surface area contributed by atoms with Crippen molar-refractivity contribution in [1.29, 1.82) is 0 Å². The molecule has 220 valence electrons. The van der Waals surface area contributed by atoms with E-state index in [0.29, 0.717) is 11.1 Å². The van der Waals surface area contributed by atoms with E-state index >= 15 is 0 Å². The molecule has 0 aliphatic heterocycles. The molecule has 1 aliphatic carbocycles. The van der Waals surface area contributed by atoms with Crippen LogP contribution in [0.5, 0.6) is 5.75 Å². The number of halogens is 3. The first kappa shape index (κ1) is 30.2. The summed E-state index contributed by atoms with van der Waals surface area (Å²) in [6.07, 6.45) is 1.49. The fourth-order valence-electron chi connectivity index (χ4n) is 4.63. The Morgan fingerprint density at radius 1 is 0.929 bits per heavy atom. The van der Waals surface area contributed by atoms with Gasteiger partial charge in [0.15, 0.2) is 0 Å². The highest BCUT2D eigenvalue weighted by atomic mass is 19.4. The summed E-state index contributed by atoms with van der Waals surface area (Å²) in [7, 11) is 0. The largest absolute Gasteiger partial charge is 0.573 e. The van der Waals surface area contributed by atoms with Crippen molar-refractivity contribution < 1.29 is 37.4 Å². The zero-order valence-corrected chi connectivity index (χ0v) is 22.5. The van der Waals surface area contributed by atoms with Gasteiger partial charge in [-0.25, -0.2) is 4.79 Å². The average molecular weight is 582 g/mol. The van der Waals surface area contributed by atoms with E-state index in [9.17, 15) is 27.6 Å². The Bertz CT molecular complexity index is 1440. The van der Waals surface area contributed by atoms with Gasteiger partial charge in [0.05, 0.1) is 12.5 Å². The molecule has 3 amide bonds. The van der Waals surface area contributed by atoms with E-state index in [4.69, 9.17) is 5.11 Å². The Morgan fingerprint density at radius 2 is 1.62 bits per heavy atom. The Labute approximate surface area is 240 Å². The summed E-state index contributed by atoms with van der Waals surface area (Å²) in [6.45, 7) is -0.0156. The predicted molar refractivity (Wildman–Crippen MR) is 151 cm³/mol. The predicted octanol–water partition coefficient (Wildman–Crippen LogP) is 6.66. The second-order valence-corrected chi connectivity index (χ2v) is 9.73. The number of carboxylic acid groups (broad SMARTS) is 1. The van der Waals surface area contributed by atoms with Crippen molar-refractivity contribution in [2.24, 2.45) is 0 Å². The van der Waals surface area contributed by atoms with Crippen LogP contribution in [0.15, 0.2) is 78.9 Å². The zero-order valence-electron chi connectivity index (χ0n) is 22.5. The maximum absolute atomic E-state index is 13.0. The molecule has 0 heterocycles. The number of ether oxygens (including phenoxy) is 1. The summed E-state index contributed by atoms with van der Waals surface area (Å²) >= 11 is 0. The maximum Gasteiger partial charge on any atom is 0.573 e. The number of allylic oxidation sites excluding steroid dienone is 2. The van der Waals surface area contributed by atoms with Crippen LogP contribution >= 0.6 is 0 Å². The second-order valence-electron chi connectivity index (χ2n) is 9.73. The summed E-state index contributed by atoms with van der Waals surface area (Å²) in [5.41, 5.74) is 4.17. The molecule has 11 heteroatoms. The van der Waals surface area contributed by atoms with Crippen molar-refractivity contribution >= 4 is 29.2 Å². The van der Waals surface area contributed by atoms with Gasteiger partial charge in [0.25, 0.3) is 5.91 Å². The van der Waals surface area contributed by atoms with E-state index < -0.39 is 36.1 Å². The molecule has 0 saturated carbocycles. The number of anilines is 1. The highest BCUT2D eigenvalue weighted by Crippen LogP contribution is 2.30. The lowest BCUT2D eigenvalue weighted by Gasteiger charge is -2.22. The highest BCUT2D eigenvalue weighted by Gasteiger charge is 2.31. The van der Waals surface area contributed by atoms with Gasteiger partial charge in [-0.05, 0) is 72.2 Å². The normalized spacial score (nSPS) is 13.8. The monoisotopic (exact) mass is 581 g/mol. The molecule has 0 aromatic heterocycles. The number of urea groups is 1. The number of aliphatic carboxylic acids is 1. The topological polar surface area (TPSA) is 117 Å². The molecule has 1 atom stereocenters. The molecule has 42 heavy (non-hydrogen) atoms.